The molecule has 0 aromatic carbocycles. The average Bonchev–Trinajstić information content (AvgIpc) is 2.81. The Bertz CT molecular complexity index is 387. The molecule has 1 aromatic rings. The lowest BCUT2D eigenvalue weighted by Gasteiger charge is -2.27. The van der Waals surface area contributed by atoms with E-state index in [1.54, 1.807) is 6.20 Å². The minimum Gasteiger partial charge on any atom is -0.481 e. The highest BCUT2D eigenvalue weighted by Gasteiger charge is 2.36. The second-order valence-electron chi connectivity index (χ2n) is 4.92. The maximum atomic E-state index is 11.6. The molecule has 0 radical (unpaired) electrons. The zero-order valence-electron chi connectivity index (χ0n) is 11.6. The van der Waals surface area contributed by atoms with E-state index in [2.05, 4.69) is 12.0 Å². The summed E-state index contributed by atoms with van der Waals surface area (Å²) in [5.41, 5.74) is 0.398. The first-order valence-electron chi connectivity index (χ1n) is 6.82. The minimum atomic E-state index is -0.678. The molecular weight excluding hydrogens is 228 g/mol. The molecule has 1 unspecified atom stereocenters. The number of aryl methyl sites for hydroxylation is 1. The lowest BCUT2D eigenvalue weighted by molar-refractivity contribution is -0.149. The largest absolute Gasteiger partial charge is 0.481 e. The molecule has 0 aliphatic heterocycles. The summed E-state index contributed by atoms with van der Waals surface area (Å²) < 4.78 is 1.84. The highest BCUT2D eigenvalue weighted by Crippen LogP contribution is 2.33. The Morgan fingerprint density at radius 2 is 2.17 bits per heavy atom. The molecule has 1 heterocycles. The van der Waals surface area contributed by atoms with Crippen molar-refractivity contribution in [2.24, 2.45) is 5.41 Å². The lowest BCUT2D eigenvalue weighted by Crippen LogP contribution is -2.32. The summed E-state index contributed by atoms with van der Waals surface area (Å²) in [7, 11) is 0. The molecule has 0 fully saturated rings. The van der Waals surface area contributed by atoms with E-state index in [1.165, 1.54) is 0 Å². The number of nitrogens with zero attached hydrogens (tertiary/aromatic N) is 2. The molecule has 1 N–H and O–H groups in total. The van der Waals surface area contributed by atoms with E-state index in [0.29, 0.717) is 12.8 Å². The predicted octanol–water partition coefficient (Wildman–Crippen LogP) is 3.12. The Hall–Kier alpha value is -1.32. The van der Waals surface area contributed by atoms with Gasteiger partial charge in [0.2, 0.25) is 0 Å². The summed E-state index contributed by atoms with van der Waals surface area (Å²) in [6.07, 6.45) is 7.73. The Labute approximate surface area is 109 Å². The van der Waals surface area contributed by atoms with Crippen LogP contribution in [-0.4, -0.2) is 20.9 Å². The normalized spacial score (nSPS) is 14.4. The standard InChI is InChI=1S/C14H24N2O2/c1-4-7-8-14(5-2,13(17)18)9-12-10-15-16(6-3)11-12/h10-11H,4-9H2,1-3H3,(H,17,18). The first kappa shape index (κ1) is 14.7. The van der Waals surface area contributed by atoms with E-state index in [4.69, 9.17) is 0 Å². The average molecular weight is 252 g/mol. The third-order valence-corrected chi connectivity index (χ3v) is 3.69. The molecule has 1 aromatic heterocycles. The monoisotopic (exact) mass is 252 g/mol. The van der Waals surface area contributed by atoms with E-state index >= 15 is 0 Å². The molecule has 0 saturated heterocycles. The van der Waals surface area contributed by atoms with Crippen LogP contribution in [0.4, 0.5) is 0 Å². The quantitative estimate of drug-likeness (QED) is 0.773. The van der Waals surface area contributed by atoms with Gasteiger partial charge in [0, 0.05) is 12.7 Å². The number of carboxylic acids is 1. The van der Waals surface area contributed by atoms with Crippen molar-refractivity contribution in [3.8, 4) is 0 Å². The zero-order chi connectivity index (χ0) is 13.6. The van der Waals surface area contributed by atoms with E-state index in [1.807, 2.05) is 24.7 Å². The van der Waals surface area contributed by atoms with Crippen LogP contribution in [0, 0.1) is 5.41 Å². The van der Waals surface area contributed by atoms with Crippen LogP contribution in [-0.2, 0) is 17.8 Å². The molecule has 0 aliphatic carbocycles. The van der Waals surface area contributed by atoms with Crippen molar-refractivity contribution in [2.45, 2.75) is 59.4 Å². The molecule has 0 aliphatic rings. The number of carboxylic acid groups (broad SMARTS) is 1. The van der Waals surface area contributed by atoms with Crippen molar-refractivity contribution in [1.29, 1.82) is 0 Å². The number of hydrogen-bond acceptors (Lipinski definition) is 2. The summed E-state index contributed by atoms with van der Waals surface area (Å²) in [6, 6.07) is 0. The molecular formula is C14H24N2O2. The van der Waals surface area contributed by atoms with E-state index < -0.39 is 11.4 Å². The van der Waals surface area contributed by atoms with Crippen LogP contribution in [0.3, 0.4) is 0 Å². The number of rotatable bonds is 8. The van der Waals surface area contributed by atoms with Crippen molar-refractivity contribution in [3.05, 3.63) is 18.0 Å². The summed E-state index contributed by atoms with van der Waals surface area (Å²) in [6.45, 7) is 6.91. The Morgan fingerprint density at radius 3 is 2.61 bits per heavy atom. The summed E-state index contributed by atoms with van der Waals surface area (Å²) in [5.74, 6) is -0.678. The van der Waals surface area contributed by atoms with E-state index in [-0.39, 0.29) is 0 Å². The van der Waals surface area contributed by atoms with Gasteiger partial charge in [-0.1, -0.05) is 26.7 Å². The fourth-order valence-corrected chi connectivity index (χ4v) is 2.30. The zero-order valence-corrected chi connectivity index (χ0v) is 11.6. The molecule has 0 amide bonds. The van der Waals surface area contributed by atoms with Gasteiger partial charge in [-0.25, -0.2) is 0 Å². The molecule has 0 bridgehead atoms. The van der Waals surface area contributed by atoms with Crippen LogP contribution >= 0.6 is 0 Å². The van der Waals surface area contributed by atoms with Crippen LogP contribution in [0.25, 0.3) is 0 Å². The van der Waals surface area contributed by atoms with Gasteiger partial charge in [0.1, 0.15) is 0 Å². The SMILES string of the molecule is CCCCC(CC)(Cc1cnn(CC)c1)C(=O)O. The van der Waals surface area contributed by atoms with Crippen LogP contribution in [0.1, 0.15) is 52.0 Å². The second-order valence-corrected chi connectivity index (χ2v) is 4.92. The Balaban J connectivity index is 2.85. The molecule has 18 heavy (non-hydrogen) atoms. The van der Waals surface area contributed by atoms with E-state index in [0.717, 1.165) is 31.4 Å². The lowest BCUT2D eigenvalue weighted by atomic mass is 9.76. The fourth-order valence-electron chi connectivity index (χ4n) is 2.30. The van der Waals surface area contributed by atoms with Crippen LogP contribution in [0.2, 0.25) is 0 Å². The molecule has 4 nitrogen and oxygen atoms in total. The van der Waals surface area contributed by atoms with Crippen molar-refractivity contribution >= 4 is 5.97 Å². The first-order valence-corrected chi connectivity index (χ1v) is 6.82. The summed E-state index contributed by atoms with van der Waals surface area (Å²) in [4.78, 5) is 11.6. The predicted molar refractivity (Wildman–Crippen MR) is 71.5 cm³/mol. The third-order valence-electron chi connectivity index (χ3n) is 3.69. The van der Waals surface area contributed by atoms with Crippen LogP contribution < -0.4 is 0 Å². The van der Waals surface area contributed by atoms with Gasteiger partial charge in [-0.15, -0.1) is 0 Å². The van der Waals surface area contributed by atoms with Gasteiger partial charge >= 0.3 is 5.97 Å². The van der Waals surface area contributed by atoms with Crippen molar-refractivity contribution in [1.82, 2.24) is 9.78 Å². The van der Waals surface area contributed by atoms with Crippen LogP contribution in [0.15, 0.2) is 12.4 Å². The van der Waals surface area contributed by atoms with Gasteiger partial charge in [-0.05, 0) is 31.7 Å². The van der Waals surface area contributed by atoms with Crippen molar-refractivity contribution in [2.75, 3.05) is 0 Å². The van der Waals surface area contributed by atoms with Gasteiger partial charge in [0.25, 0.3) is 0 Å². The van der Waals surface area contributed by atoms with Gasteiger partial charge in [-0.2, -0.15) is 5.10 Å². The van der Waals surface area contributed by atoms with Crippen LogP contribution in [0.5, 0.6) is 0 Å². The highest BCUT2D eigenvalue weighted by atomic mass is 16.4. The number of hydrogen-bond donors (Lipinski definition) is 1. The fraction of sp³-hybridized carbons (Fsp3) is 0.714. The Morgan fingerprint density at radius 1 is 1.44 bits per heavy atom. The molecule has 0 saturated carbocycles. The molecule has 102 valence electrons. The first-order chi connectivity index (χ1) is 8.57. The van der Waals surface area contributed by atoms with Gasteiger partial charge in [0.05, 0.1) is 11.6 Å². The van der Waals surface area contributed by atoms with E-state index in [9.17, 15) is 9.90 Å². The number of aromatic nitrogens is 2. The second kappa shape index (κ2) is 6.57. The van der Waals surface area contributed by atoms with Crippen molar-refractivity contribution < 1.29 is 9.90 Å². The third kappa shape index (κ3) is 3.34. The molecule has 0 spiro atoms. The van der Waals surface area contributed by atoms with Crippen molar-refractivity contribution in [3.63, 3.8) is 0 Å². The molecule has 1 rings (SSSR count). The molecule has 4 heteroatoms. The summed E-state index contributed by atoms with van der Waals surface area (Å²) in [5, 5.41) is 13.8. The summed E-state index contributed by atoms with van der Waals surface area (Å²) >= 11 is 0. The van der Waals surface area contributed by atoms with Gasteiger partial charge < -0.3 is 5.11 Å². The Kier molecular flexibility index (Phi) is 5.38. The number of carbonyl (C=O) groups is 1. The maximum Gasteiger partial charge on any atom is 0.309 e. The van der Waals surface area contributed by atoms with Gasteiger partial charge in [0.15, 0.2) is 0 Å². The number of aliphatic carboxylic acids is 1. The number of unbranched alkanes of at least 4 members (excludes halogenated alkanes) is 1. The van der Waals surface area contributed by atoms with Gasteiger partial charge in [-0.3, -0.25) is 9.48 Å². The highest BCUT2D eigenvalue weighted by molar-refractivity contribution is 5.75. The molecule has 1 atom stereocenters. The smallest absolute Gasteiger partial charge is 0.309 e. The topological polar surface area (TPSA) is 55.1 Å². The maximum absolute atomic E-state index is 11.6. The minimum absolute atomic E-state index is 0.582.